The highest BCUT2D eigenvalue weighted by Gasteiger charge is 2.28. The average molecular weight is 639 g/mol. The fraction of sp³-hybridized carbons (Fsp3) is 0.412. The Labute approximate surface area is 273 Å². The Hall–Kier alpha value is -4.88. The van der Waals surface area contributed by atoms with Crippen LogP contribution in [0.1, 0.15) is 11.4 Å². The Balaban J connectivity index is 1.05. The first kappa shape index (κ1) is 29.5. The Morgan fingerprint density at radius 3 is 1.49 bits per heavy atom. The van der Waals surface area contributed by atoms with Crippen molar-refractivity contribution in [3.63, 3.8) is 0 Å². The predicted molar refractivity (Wildman–Crippen MR) is 174 cm³/mol. The lowest BCUT2D eigenvalue weighted by Gasteiger charge is -2.31. The molecule has 4 aromatic rings. The van der Waals surface area contributed by atoms with Crippen molar-refractivity contribution in [2.75, 3.05) is 75.4 Å². The van der Waals surface area contributed by atoms with Crippen LogP contribution in [0.25, 0.3) is 0 Å². The second-order valence-corrected chi connectivity index (χ2v) is 12.0. The van der Waals surface area contributed by atoms with Crippen molar-refractivity contribution in [2.24, 2.45) is 0 Å². The maximum atomic E-state index is 6.55. The molecule has 0 amide bonds. The van der Waals surface area contributed by atoms with Gasteiger partial charge in [0, 0.05) is 65.2 Å². The molecule has 4 aliphatic rings. The number of rotatable bonds is 8. The number of hydrogen-bond donors (Lipinski definition) is 2. The van der Waals surface area contributed by atoms with E-state index in [0.717, 1.165) is 86.7 Å². The molecule has 6 heterocycles. The smallest absolute Gasteiger partial charge is 0.264 e. The summed E-state index contributed by atoms with van der Waals surface area (Å²) < 4.78 is 30.9. The summed E-state index contributed by atoms with van der Waals surface area (Å²) >= 11 is 0. The number of benzene rings is 2. The zero-order valence-corrected chi connectivity index (χ0v) is 26.1. The van der Waals surface area contributed by atoms with Gasteiger partial charge in [-0.2, -0.15) is 0 Å². The number of aromatic nitrogens is 4. The molecule has 2 unspecified atom stereocenters. The summed E-state index contributed by atoms with van der Waals surface area (Å²) in [6.07, 6.45) is 4.28. The zero-order chi connectivity index (χ0) is 31.4. The van der Waals surface area contributed by atoms with Crippen molar-refractivity contribution >= 4 is 11.6 Å². The fourth-order valence-corrected chi connectivity index (χ4v) is 6.20. The SMILES string of the molecule is c1ccc2c(c1)OCC(Cc1cnc(Oc3ncc(CC4COc5ccccc5O4)nc3N3CCNCC3)c(N3CCNCC3)n1)O2. The average Bonchev–Trinajstić information content (AvgIpc) is 3.13. The van der Waals surface area contributed by atoms with E-state index in [4.69, 9.17) is 43.6 Å². The second kappa shape index (κ2) is 13.5. The van der Waals surface area contributed by atoms with Crippen LogP contribution in [-0.4, -0.2) is 97.7 Å². The summed E-state index contributed by atoms with van der Waals surface area (Å²) in [6, 6.07) is 15.5. The quantitative estimate of drug-likeness (QED) is 0.294. The molecule has 0 saturated carbocycles. The van der Waals surface area contributed by atoms with Gasteiger partial charge in [-0.15, -0.1) is 0 Å². The molecule has 0 spiro atoms. The summed E-state index contributed by atoms with van der Waals surface area (Å²) in [4.78, 5) is 24.2. The number of piperazine rings is 2. The van der Waals surface area contributed by atoms with Crippen LogP contribution in [0.2, 0.25) is 0 Å². The van der Waals surface area contributed by atoms with Crippen molar-refractivity contribution < 1.29 is 23.7 Å². The second-order valence-electron chi connectivity index (χ2n) is 12.0. The molecule has 2 atom stereocenters. The lowest BCUT2D eigenvalue weighted by molar-refractivity contribution is 0.0905. The highest BCUT2D eigenvalue weighted by molar-refractivity contribution is 5.55. The van der Waals surface area contributed by atoms with Gasteiger partial charge in [0.2, 0.25) is 0 Å². The molecule has 13 nitrogen and oxygen atoms in total. The van der Waals surface area contributed by atoms with Gasteiger partial charge in [-0.25, -0.2) is 19.9 Å². The van der Waals surface area contributed by atoms with Crippen LogP contribution in [-0.2, 0) is 12.8 Å². The molecule has 2 aromatic carbocycles. The Bertz CT molecular complexity index is 1570. The molecule has 0 aliphatic carbocycles. The standard InChI is InChI=1S/C34H38N8O5/c1-3-7-29-27(5-1)43-21-25(45-29)17-23-19-37-33(31(39-23)41-13-9-35-10-14-41)47-34-32(42-15-11-36-12-16-42)40-24(20-38-34)18-26-22-44-28-6-2-4-8-30(28)46-26/h1-8,19-20,25-26,35-36H,9-18,21-22H2. The number of nitrogens with zero attached hydrogens (tertiary/aromatic N) is 6. The van der Waals surface area contributed by atoms with Gasteiger partial charge in [-0.3, -0.25) is 0 Å². The Morgan fingerprint density at radius 2 is 1.04 bits per heavy atom. The molecule has 0 bridgehead atoms. The first-order valence-electron chi connectivity index (χ1n) is 16.3. The summed E-state index contributed by atoms with van der Waals surface area (Å²) in [5, 5.41) is 6.84. The van der Waals surface area contributed by atoms with Gasteiger partial charge in [-0.1, -0.05) is 24.3 Å². The molecule has 8 rings (SSSR count). The minimum absolute atomic E-state index is 0.174. The van der Waals surface area contributed by atoms with E-state index in [0.29, 0.717) is 49.5 Å². The van der Waals surface area contributed by atoms with Crippen molar-refractivity contribution in [1.82, 2.24) is 30.6 Å². The minimum Gasteiger partial charge on any atom is -0.486 e. The Kier molecular flexibility index (Phi) is 8.45. The monoisotopic (exact) mass is 638 g/mol. The number of fused-ring (bicyclic) bond motifs is 2. The number of anilines is 2. The van der Waals surface area contributed by atoms with Gasteiger partial charge in [0.05, 0.1) is 23.8 Å². The third-order valence-electron chi connectivity index (χ3n) is 8.58. The van der Waals surface area contributed by atoms with E-state index in [1.165, 1.54) is 0 Å². The maximum Gasteiger partial charge on any atom is 0.264 e. The van der Waals surface area contributed by atoms with Gasteiger partial charge < -0.3 is 44.1 Å². The normalized spacial score (nSPS) is 20.5. The Morgan fingerprint density at radius 1 is 0.617 bits per heavy atom. The van der Waals surface area contributed by atoms with Gasteiger partial charge in [0.25, 0.3) is 11.8 Å². The van der Waals surface area contributed by atoms with Gasteiger partial charge >= 0.3 is 0 Å². The number of para-hydroxylation sites is 4. The summed E-state index contributed by atoms with van der Waals surface area (Å²) in [5.41, 5.74) is 1.61. The molecule has 244 valence electrons. The molecule has 2 N–H and O–H groups in total. The third kappa shape index (κ3) is 6.67. The summed E-state index contributed by atoms with van der Waals surface area (Å²) in [5.74, 6) is 5.19. The van der Waals surface area contributed by atoms with E-state index in [1.807, 2.05) is 48.5 Å². The van der Waals surface area contributed by atoms with Crippen molar-refractivity contribution in [1.29, 1.82) is 0 Å². The lowest BCUT2D eigenvalue weighted by Crippen LogP contribution is -2.44. The van der Waals surface area contributed by atoms with Crippen LogP contribution < -0.4 is 44.1 Å². The third-order valence-corrected chi connectivity index (χ3v) is 8.58. The molecule has 47 heavy (non-hydrogen) atoms. The minimum atomic E-state index is -0.174. The van der Waals surface area contributed by atoms with Crippen molar-refractivity contribution in [3.05, 3.63) is 72.3 Å². The molecule has 0 radical (unpaired) electrons. The van der Waals surface area contributed by atoms with Gasteiger partial charge in [-0.05, 0) is 24.3 Å². The molecule has 2 fully saturated rings. The van der Waals surface area contributed by atoms with E-state index >= 15 is 0 Å². The first-order chi connectivity index (χ1) is 23.2. The summed E-state index contributed by atoms with van der Waals surface area (Å²) in [6.45, 7) is 7.42. The van der Waals surface area contributed by atoms with Crippen LogP contribution >= 0.6 is 0 Å². The molecular formula is C34H38N8O5. The van der Waals surface area contributed by atoms with Crippen LogP contribution in [0.3, 0.4) is 0 Å². The molecule has 2 saturated heterocycles. The van der Waals surface area contributed by atoms with Crippen molar-refractivity contribution in [3.8, 4) is 34.8 Å². The molecule has 4 aliphatic heterocycles. The van der Waals surface area contributed by atoms with Crippen LogP contribution in [0.15, 0.2) is 60.9 Å². The number of nitrogens with one attached hydrogen (secondary N) is 2. The largest absolute Gasteiger partial charge is 0.486 e. The van der Waals surface area contributed by atoms with E-state index in [-0.39, 0.29) is 12.2 Å². The van der Waals surface area contributed by atoms with E-state index < -0.39 is 0 Å². The number of ether oxygens (including phenoxy) is 5. The van der Waals surface area contributed by atoms with Crippen molar-refractivity contribution in [2.45, 2.75) is 25.0 Å². The van der Waals surface area contributed by atoms with E-state index in [1.54, 1.807) is 12.4 Å². The molecule has 2 aromatic heterocycles. The van der Waals surface area contributed by atoms with Gasteiger partial charge in [0.1, 0.15) is 25.4 Å². The van der Waals surface area contributed by atoms with Crippen LogP contribution in [0.4, 0.5) is 11.6 Å². The first-order valence-corrected chi connectivity index (χ1v) is 16.3. The van der Waals surface area contributed by atoms with E-state index in [9.17, 15) is 0 Å². The maximum absolute atomic E-state index is 6.55. The van der Waals surface area contributed by atoms with E-state index in [2.05, 4.69) is 20.4 Å². The predicted octanol–water partition coefficient (Wildman–Crippen LogP) is 2.64. The highest BCUT2D eigenvalue weighted by atomic mass is 16.6. The highest BCUT2D eigenvalue weighted by Crippen LogP contribution is 2.36. The molecule has 13 heteroatoms. The van der Waals surface area contributed by atoms with Crippen LogP contribution in [0, 0.1) is 0 Å². The topological polar surface area (TPSA) is 128 Å². The van der Waals surface area contributed by atoms with Gasteiger partial charge in [0.15, 0.2) is 34.6 Å². The number of hydrogen-bond acceptors (Lipinski definition) is 13. The fourth-order valence-electron chi connectivity index (χ4n) is 6.20. The zero-order valence-electron chi connectivity index (χ0n) is 26.1. The molecular weight excluding hydrogens is 600 g/mol. The summed E-state index contributed by atoms with van der Waals surface area (Å²) in [7, 11) is 0. The lowest BCUT2D eigenvalue weighted by atomic mass is 10.2. The van der Waals surface area contributed by atoms with Crippen LogP contribution in [0.5, 0.6) is 34.8 Å².